The fourth-order valence-electron chi connectivity index (χ4n) is 2.52. The van der Waals surface area contributed by atoms with Crippen molar-refractivity contribution in [1.82, 2.24) is 0 Å². The molecule has 1 rings (SSSR count). The lowest BCUT2D eigenvalue weighted by Gasteiger charge is -2.40. The Labute approximate surface area is 164 Å². The molecule has 0 aromatic heterocycles. The molecule has 0 aliphatic rings. The molecule has 0 aliphatic heterocycles. The minimum Gasteiger partial charge on any atom is -0.440 e. The number of hydrogen-bond donors (Lipinski definition) is 0. The fourth-order valence-corrected chi connectivity index (χ4v) is 18.4. The molecule has 0 saturated carbocycles. The zero-order valence-corrected chi connectivity index (χ0v) is 18.8. The predicted octanol–water partition coefficient (Wildman–Crippen LogP) is 6.08. The van der Waals surface area contributed by atoms with Crippen molar-refractivity contribution in [2.45, 2.75) is 82.1 Å². The number of rotatable bonds is 7. The third-order valence-corrected chi connectivity index (χ3v) is 15.8. The van der Waals surface area contributed by atoms with Crippen LogP contribution in [0.3, 0.4) is 0 Å². The van der Waals surface area contributed by atoms with E-state index >= 15 is 0 Å². The van der Waals surface area contributed by atoms with Crippen LogP contribution >= 0.6 is 0 Å². The van der Waals surface area contributed by atoms with Gasteiger partial charge in [0, 0.05) is 0 Å². The minimum atomic E-state index is -2.44. The molecule has 0 amide bonds. The summed E-state index contributed by atoms with van der Waals surface area (Å²) < 4.78 is 19.4. The molecule has 1 aromatic carbocycles. The van der Waals surface area contributed by atoms with E-state index in [0.29, 0.717) is 0 Å². The van der Waals surface area contributed by atoms with Crippen LogP contribution in [-0.2, 0) is 12.3 Å². The molecule has 0 radical (unpaired) electrons. The maximum atomic E-state index is 6.60. The Morgan fingerprint density at radius 2 is 1.16 bits per heavy atom. The molecular formula is C18H46O3Si4. The molecule has 0 saturated heterocycles. The highest BCUT2D eigenvalue weighted by Crippen LogP contribution is 2.22. The Morgan fingerprint density at radius 1 is 0.720 bits per heavy atom. The largest absolute Gasteiger partial charge is 0.440 e. The second-order valence-electron chi connectivity index (χ2n) is 7.19. The molecule has 7 heteroatoms. The molecule has 0 N–H and O–H groups in total. The van der Waals surface area contributed by atoms with Crippen molar-refractivity contribution in [3.63, 3.8) is 0 Å². The summed E-state index contributed by atoms with van der Waals surface area (Å²) in [5.74, 6) is 0. The Hall–Kier alpha value is -0.0325. The highest BCUT2D eigenvalue weighted by molar-refractivity contribution is 6.94. The van der Waals surface area contributed by atoms with Gasteiger partial charge in [-0.1, -0.05) is 60.0 Å². The van der Waals surface area contributed by atoms with E-state index in [2.05, 4.69) is 76.6 Å². The summed E-state index contributed by atoms with van der Waals surface area (Å²) in [7, 11) is -7.42. The van der Waals surface area contributed by atoms with Gasteiger partial charge in [-0.2, -0.15) is 0 Å². The first kappa shape index (κ1) is 32.6. The summed E-state index contributed by atoms with van der Waals surface area (Å²) in [6, 6.07) is 10.4. The first-order valence-corrected chi connectivity index (χ1v) is 18.9. The van der Waals surface area contributed by atoms with Crippen LogP contribution in [0.5, 0.6) is 0 Å². The molecule has 1 aromatic rings. The lowest BCUT2D eigenvalue weighted by Crippen LogP contribution is -2.62. The van der Waals surface area contributed by atoms with Crippen LogP contribution in [0.15, 0.2) is 30.3 Å². The van der Waals surface area contributed by atoms with Gasteiger partial charge in [-0.3, -0.25) is 0 Å². The van der Waals surface area contributed by atoms with E-state index in [4.69, 9.17) is 12.3 Å². The summed E-state index contributed by atoms with van der Waals surface area (Å²) in [5, 5.41) is 1.20. The van der Waals surface area contributed by atoms with Crippen LogP contribution in [-0.4, -0.2) is 34.5 Å². The van der Waals surface area contributed by atoms with Crippen molar-refractivity contribution in [2.24, 2.45) is 0 Å². The molecule has 3 nitrogen and oxygen atoms in total. The van der Waals surface area contributed by atoms with Gasteiger partial charge in [-0.05, 0) is 57.6 Å². The van der Waals surface area contributed by atoms with Gasteiger partial charge in [0.2, 0.25) is 0 Å². The van der Waals surface area contributed by atoms with Gasteiger partial charge in [0.25, 0.3) is 0 Å². The quantitative estimate of drug-likeness (QED) is 0.498. The Kier molecular flexibility index (Phi) is 16.1. The first-order valence-electron chi connectivity index (χ1n) is 7.57. The van der Waals surface area contributed by atoms with Gasteiger partial charge in [-0.25, -0.2) is 0 Å². The Balaban J connectivity index is -0.000000551. The van der Waals surface area contributed by atoms with Crippen molar-refractivity contribution >= 4 is 39.7 Å². The average Bonchev–Trinajstić information content (AvgIpc) is 2.24. The standard InChI is InChI=1S/C14H30O3Si4.4CH4/c1-18(2)15-20(6,7)17-21(8,16-19(3,4)5)14-12-10-9-11-13-14;;;;/h9-13,18H,1-8H3;4*1H4. The maximum Gasteiger partial charge on any atom is 0.350 e. The first-order chi connectivity index (χ1) is 9.44. The van der Waals surface area contributed by atoms with Crippen molar-refractivity contribution in [1.29, 1.82) is 0 Å². The third kappa shape index (κ3) is 12.1. The van der Waals surface area contributed by atoms with Gasteiger partial charge in [0.1, 0.15) is 0 Å². The molecule has 0 fully saturated rings. The normalized spacial score (nSPS) is 13.5. The summed E-state index contributed by atoms with van der Waals surface area (Å²) in [6.07, 6.45) is 0. The SMILES string of the molecule is C.C.C.C.C[SiH](C)O[Si](C)(C)O[Si](C)(O[Si](C)(C)C)c1ccccc1. The lowest BCUT2D eigenvalue weighted by atomic mass is 10.4. The molecule has 0 aliphatic carbocycles. The second-order valence-corrected chi connectivity index (χ2v) is 21.4. The van der Waals surface area contributed by atoms with E-state index < -0.39 is 34.5 Å². The molecule has 152 valence electrons. The summed E-state index contributed by atoms with van der Waals surface area (Å²) in [4.78, 5) is 0. The fraction of sp³-hybridized carbons (Fsp3) is 0.667. The highest BCUT2D eigenvalue weighted by atomic mass is 28.5. The summed E-state index contributed by atoms with van der Waals surface area (Å²) in [5.41, 5.74) is 0. The van der Waals surface area contributed by atoms with E-state index in [-0.39, 0.29) is 29.7 Å². The summed E-state index contributed by atoms with van der Waals surface area (Å²) in [6.45, 7) is 17.5. The van der Waals surface area contributed by atoms with Gasteiger partial charge < -0.3 is 12.3 Å². The highest BCUT2D eigenvalue weighted by Gasteiger charge is 2.44. The monoisotopic (exact) mass is 422 g/mol. The minimum absolute atomic E-state index is 0. The molecular weight excluding hydrogens is 377 g/mol. The van der Waals surface area contributed by atoms with Crippen LogP contribution in [0, 0.1) is 0 Å². The van der Waals surface area contributed by atoms with Crippen LogP contribution in [0.2, 0.25) is 52.4 Å². The van der Waals surface area contributed by atoms with E-state index in [1.54, 1.807) is 0 Å². The van der Waals surface area contributed by atoms with Gasteiger partial charge in [0.05, 0.1) is 0 Å². The van der Waals surface area contributed by atoms with Crippen molar-refractivity contribution < 1.29 is 12.3 Å². The third-order valence-electron chi connectivity index (χ3n) is 2.76. The summed E-state index contributed by atoms with van der Waals surface area (Å²) >= 11 is 0. The number of benzene rings is 1. The Bertz CT molecular complexity index is 447. The van der Waals surface area contributed by atoms with Gasteiger partial charge in [-0.15, -0.1) is 0 Å². The smallest absolute Gasteiger partial charge is 0.350 e. The van der Waals surface area contributed by atoms with E-state index in [1.807, 2.05) is 6.07 Å². The van der Waals surface area contributed by atoms with Crippen molar-refractivity contribution in [2.75, 3.05) is 0 Å². The van der Waals surface area contributed by atoms with Gasteiger partial charge >= 0.3 is 17.1 Å². The second kappa shape index (κ2) is 12.4. The average molecular weight is 423 g/mol. The number of hydrogen-bond acceptors (Lipinski definition) is 3. The van der Waals surface area contributed by atoms with E-state index in [9.17, 15) is 0 Å². The molecule has 0 bridgehead atoms. The zero-order valence-electron chi connectivity index (χ0n) is 14.7. The molecule has 25 heavy (non-hydrogen) atoms. The Morgan fingerprint density at radius 3 is 1.52 bits per heavy atom. The van der Waals surface area contributed by atoms with Crippen LogP contribution in [0.1, 0.15) is 29.7 Å². The topological polar surface area (TPSA) is 27.7 Å². The van der Waals surface area contributed by atoms with E-state index in [1.165, 1.54) is 5.19 Å². The maximum absolute atomic E-state index is 6.60. The predicted molar refractivity (Wildman–Crippen MR) is 128 cm³/mol. The van der Waals surface area contributed by atoms with E-state index in [0.717, 1.165) is 0 Å². The lowest BCUT2D eigenvalue weighted by molar-refractivity contribution is 0.342. The van der Waals surface area contributed by atoms with Gasteiger partial charge in [0.15, 0.2) is 17.4 Å². The molecule has 1 unspecified atom stereocenters. The zero-order chi connectivity index (χ0) is 16.3. The van der Waals surface area contributed by atoms with Crippen LogP contribution in [0.25, 0.3) is 0 Å². The molecule has 0 heterocycles. The molecule has 1 atom stereocenters. The molecule has 0 spiro atoms. The van der Waals surface area contributed by atoms with Crippen molar-refractivity contribution in [3.8, 4) is 0 Å². The van der Waals surface area contributed by atoms with Crippen LogP contribution in [0.4, 0.5) is 0 Å². The van der Waals surface area contributed by atoms with Crippen LogP contribution < -0.4 is 5.19 Å². The van der Waals surface area contributed by atoms with Crippen molar-refractivity contribution in [3.05, 3.63) is 30.3 Å².